The Balaban J connectivity index is 1.63. The molecule has 156 valence electrons. The molecule has 1 amide bonds. The lowest BCUT2D eigenvalue weighted by Gasteiger charge is -2.15. The maximum Gasteiger partial charge on any atom is 0.326 e. The number of hydrogen-bond acceptors (Lipinski definition) is 6. The van der Waals surface area contributed by atoms with Gasteiger partial charge in [0.05, 0.1) is 6.61 Å². The molecule has 1 unspecified atom stereocenters. The number of aliphatic carboxylic acids is 2. The van der Waals surface area contributed by atoms with Gasteiger partial charge in [-0.1, -0.05) is 18.2 Å². The van der Waals surface area contributed by atoms with Gasteiger partial charge in [-0.25, -0.2) is 9.78 Å². The highest BCUT2D eigenvalue weighted by molar-refractivity contribution is 5.87. The molecule has 9 nitrogen and oxygen atoms in total. The van der Waals surface area contributed by atoms with Crippen molar-refractivity contribution < 1.29 is 33.9 Å². The van der Waals surface area contributed by atoms with Crippen LogP contribution in [0, 0.1) is 0 Å². The van der Waals surface area contributed by atoms with Gasteiger partial charge in [-0.3, -0.25) is 4.79 Å². The molecule has 0 fully saturated rings. The van der Waals surface area contributed by atoms with Gasteiger partial charge in [0.25, 0.3) is 0 Å². The van der Waals surface area contributed by atoms with Gasteiger partial charge in [0, 0.05) is 30.9 Å². The quantitative estimate of drug-likeness (QED) is 0.289. The summed E-state index contributed by atoms with van der Waals surface area (Å²) in [5.74, 6) is -2.96. The van der Waals surface area contributed by atoms with Crippen LogP contribution in [0.3, 0.4) is 0 Å². The first-order chi connectivity index (χ1) is 14.4. The van der Waals surface area contributed by atoms with Crippen molar-refractivity contribution in [1.82, 2.24) is 10.3 Å². The zero-order valence-electron chi connectivity index (χ0n) is 16.3. The van der Waals surface area contributed by atoms with Crippen molar-refractivity contribution in [3.8, 4) is 5.75 Å². The molecular weight excluding hydrogens is 390 g/mol. The van der Waals surface area contributed by atoms with Crippen LogP contribution in [0.1, 0.15) is 19.3 Å². The highest BCUT2D eigenvalue weighted by atomic mass is 16.5. The van der Waals surface area contributed by atoms with E-state index >= 15 is 0 Å². The van der Waals surface area contributed by atoms with Gasteiger partial charge < -0.3 is 25.1 Å². The van der Waals surface area contributed by atoms with Crippen molar-refractivity contribution in [2.45, 2.75) is 25.3 Å². The predicted octanol–water partition coefficient (Wildman–Crippen LogP) is 0.0809. The largest absolute Gasteiger partial charge is 0.550 e. The van der Waals surface area contributed by atoms with Crippen molar-refractivity contribution in [1.29, 1.82) is 0 Å². The van der Waals surface area contributed by atoms with E-state index in [4.69, 9.17) is 9.84 Å². The number of fused-ring (bicyclic) bond motifs is 2. The Morgan fingerprint density at radius 3 is 2.63 bits per heavy atom. The number of nitrogens with one attached hydrogen (secondary N) is 1. The van der Waals surface area contributed by atoms with Gasteiger partial charge in [-0.15, -0.1) is 0 Å². The van der Waals surface area contributed by atoms with Crippen LogP contribution in [0.2, 0.25) is 0 Å². The summed E-state index contributed by atoms with van der Waals surface area (Å²) in [6, 6.07) is 11.8. The van der Waals surface area contributed by atoms with E-state index in [9.17, 15) is 19.5 Å². The van der Waals surface area contributed by atoms with E-state index in [-0.39, 0.29) is 13.0 Å². The fourth-order valence-electron chi connectivity index (χ4n) is 3.15. The van der Waals surface area contributed by atoms with Crippen LogP contribution >= 0.6 is 0 Å². The van der Waals surface area contributed by atoms with Crippen LogP contribution in [-0.2, 0) is 21.4 Å². The molecule has 0 aliphatic carbocycles. The maximum absolute atomic E-state index is 11.9. The van der Waals surface area contributed by atoms with Crippen LogP contribution in [0.15, 0.2) is 42.5 Å². The number of carbonyl (C=O) groups excluding carboxylic acids is 2. The monoisotopic (exact) mass is 411 g/mol. The highest BCUT2D eigenvalue weighted by Gasteiger charge is 2.20. The molecule has 0 aliphatic heterocycles. The van der Waals surface area contributed by atoms with Crippen molar-refractivity contribution in [3.05, 3.63) is 42.5 Å². The molecule has 0 saturated carbocycles. The highest BCUT2D eigenvalue weighted by Crippen LogP contribution is 2.23. The SMILES string of the molecule is C[n+]1c2ccccc2nc2c(OCCCC(=O)NC(CC(=O)[O-])C(=O)O)cccc21. The number of benzene rings is 2. The van der Waals surface area contributed by atoms with E-state index in [0.29, 0.717) is 17.7 Å². The molecular formula is C21H21N3O6. The smallest absolute Gasteiger partial charge is 0.326 e. The zero-order valence-corrected chi connectivity index (χ0v) is 16.3. The first-order valence-corrected chi connectivity index (χ1v) is 9.39. The number of hydrogen-bond donors (Lipinski definition) is 2. The molecule has 0 aliphatic rings. The molecule has 1 aromatic heterocycles. The van der Waals surface area contributed by atoms with E-state index in [1.54, 1.807) is 6.07 Å². The first-order valence-electron chi connectivity index (χ1n) is 9.39. The van der Waals surface area contributed by atoms with E-state index in [1.807, 2.05) is 48.0 Å². The summed E-state index contributed by atoms with van der Waals surface area (Å²) in [6.07, 6.45) is -0.477. The molecule has 0 bridgehead atoms. The lowest BCUT2D eigenvalue weighted by atomic mass is 10.2. The number of carboxylic acid groups (broad SMARTS) is 2. The summed E-state index contributed by atoms with van der Waals surface area (Å²) in [5.41, 5.74) is 3.41. The molecule has 30 heavy (non-hydrogen) atoms. The maximum atomic E-state index is 11.9. The summed E-state index contributed by atoms with van der Waals surface area (Å²) < 4.78 is 7.84. The Bertz CT molecular complexity index is 1110. The summed E-state index contributed by atoms with van der Waals surface area (Å²) in [7, 11) is 1.95. The molecule has 3 rings (SSSR count). The second kappa shape index (κ2) is 9.17. The average molecular weight is 411 g/mol. The van der Waals surface area contributed by atoms with E-state index in [0.717, 1.165) is 16.6 Å². The van der Waals surface area contributed by atoms with Crippen LogP contribution in [-0.4, -0.2) is 40.6 Å². The van der Waals surface area contributed by atoms with E-state index in [1.165, 1.54) is 0 Å². The standard InChI is InChI=1S/C21H21N3O6/c1-24-15-7-3-2-6-13(15)23-20-16(24)8-4-9-17(20)30-11-5-10-18(25)22-14(21(28)29)12-19(26)27/h2-4,6-9,14H,5,10-12H2,1H3,(H2-,22,25,26,27,28,29). The lowest BCUT2D eigenvalue weighted by molar-refractivity contribution is -0.618. The fourth-order valence-corrected chi connectivity index (χ4v) is 3.15. The van der Waals surface area contributed by atoms with Crippen LogP contribution in [0.5, 0.6) is 5.75 Å². The average Bonchev–Trinajstić information content (AvgIpc) is 2.71. The summed E-state index contributed by atoms with van der Waals surface area (Å²) in [5, 5.41) is 21.7. The normalized spacial score (nSPS) is 11.9. The number of para-hydroxylation sites is 3. The molecule has 1 heterocycles. The number of amides is 1. The summed E-state index contributed by atoms with van der Waals surface area (Å²) >= 11 is 0. The molecule has 3 aromatic rings. The Labute approximate surface area is 171 Å². The Hall–Kier alpha value is -3.75. The van der Waals surface area contributed by atoms with Gasteiger partial charge in [-0.2, -0.15) is 4.57 Å². The van der Waals surface area contributed by atoms with Gasteiger partial charge in [0.1, 0.15) is 18.6 Å². The fraction of sp³-hybridized carbons (Fsp3) is 0.286. The Morgan fingerprint density at radius 2 is 1.90 bits per heavy atom. The van der Waals surface area contributed by atoms with Gasteiger partial charge in [0.2, 0.25) is 16.9 Å². The number of rotatable bonds is 9. The predicted molar refractivity (Wildman–Crippen MR) is 104 cm³/mol. The molecule has 0 spiro atoms. The molecule has 1 atom stereocenters. The number of nitrogens with zero attached hydrogens (tertiary/aromatic N) is 2. The first kappa shape index (κ1) is 21.0. The van der Waals surface area contributed by atoms with Gasteiger partial charge >= 0.3 is 5.97 Å². The molecule has 2 N–H and O–H groups in total. The number of carboxylic acids is 2. The molecule has 9 heteroatoms. The Morgan fingerprint density at radius 1 is 1.17 bits per heavy atom. The molecule has 0 radical (unpaired) electrons. The number of aromatic nitrogens is 2. The third kappa shape index (κ3) is 4.80. The number of aryl methyl sites for hydroxylation is 1. The molecule has 0 saturated heterocycles. The minimum atomic E-state index is -1.55. The van der Waals surface area contributed by atoms with Gasteiger partial charge in [-0.05, 0) is 18.6 Å². The van der Waals surface area contributed by atoms with Crippen LogP contribution in [0.25, 0.3) is 22.1 Å². The summed E-state index contributed by atoms with van der Waals surface area (Å²) in [6.45, 7) is 0.211. The second-order valence-corrected chi connectivity index (χ2v) is 6.77. The van der Waals surface area contributed by atoms with Crippen molar-refractivity contribution in [2.24, 2.45) is 7.05 Å². The van der Waals surface area contributed by atoms with Crippen LogP contribution < -0.4 is 19.7 Å². The lowest BCUT2D eigenvalue weighted by Crippen LogP contribution is -2.44. The summed E-state index contributed by atoms with van der Waals surface area (Å²) in [4.78, 5) is 38.1. The minimum Gasteiger partial charge on any atom is -0.550 e. The Kier molecular flexibility index (Phi) is 6.41. The number of carbonyl (C=O) groups is 3. The number of ether oxygens (including phenoxy) is 1. The van der Waals surface area contributed by atoms with Gasteiger partial charge in [0.15, 0.2) is 11.3 Å². The molecule has 2 aromatic carbocycles. The van der Waals surface area contributed by atoms with Crippen molar-refractivity contribution in [3.63, 3.8) is 0 Å². The van der Waals surface area contributed by atoms with E-state index in [2.05, 4.69) is 10.3 Å². The minimum absolute atomic E-state index is 0.00820. The third-order valence-electron chi connectivity index (χ3n) is 4.62. The van der Waals surface area contributed by atoms with Crippen molar-refractivity contribution in [2.75, 3.05) is 6.61 Å². The zero-order chi connectivity index (χ0) is 21.7. The van der Waals surface area contributed by atoms with Crippen LogP contribution in [0.4, 0.5) is 0 Å². The van der Waals surface area contributed by atoms with E-state index < -0.39 is 30.3 Å². The topological polar surface area (TPSA) is 133 Å². The second-order valence-electron chi connectivity index (χ2n) is 6.77. The van der Waals surface area contributed by atoms with Crippen molar-refractivity contribution >= 4 is 39.9 Å². The third-order valence-corrected chi connectivity index (χ3v) is 4.62.